The van der Waals surface area contributed by atoms with E-state index >= 15 is 0 Å². The molecule has 1 saturated carbocycles. The highest BCUT2D eigenvalue weighted by molar-refractivity contribution is 6.09. The number of carbonyl (C=O) groups excluding carboxylic acids is 3. The smallest absolute Gasteiger partial charge is 0.370 e. The lowest BCUT2D eigenvalue weighted by Crippen LogP contribution is -2.55. The number of halogens is 5. The Bertz CT molecular complexity index is 891. The van der Waals surface area contributed by atoms with Crippen molar-refractivity contribution < 1.29 is 41.1 Å². The Morgan fingerprint density at radius 2 is 1.97 bits per heavy atom. The van der Waals surface area contributed by atoms with Crippen LogP contribution in [-0.4, -0.2) is 67.2 Å². The van der Waals surface area contributed by atoms with Gasteiger partial charge < -0.3 is 20.7 Å². The van der Waals surface area contributed by atoms with Gasteiger partial charge in [-0.2, -0.15) is 13.2 Å². The van der Waals surface area contributed by atoms with Gasteiger partial charge in [0.25, 0.3) is 18.2 Å². The number of primary amides is 1. The predicted octanol–water partition coefficient (Wildman–Crippen LogP) is 1.81. The largest absolute Gasteiger partial charge is 0.401 e. The molecule has 1 aromatic rings. The van der Waals surface area contributed by atoms with E-state index in [0.29, 0.717) is 17.7 Å². The van der Waals surface area contributed by atoms with Gasteiger partial charge in [-0.05, 0) is 31.0 Å². The third kappa shape index (κ3) is 5.71. The molecule has 0 bridgehead atoms. The average Bonchev–Trinajstić information content (AvgIpc) is 3.52. The molecule has 0 aromatic heterocycles. The fourth-order valence-electron chi connectivity index (χ4n) is 3.52. The van der Waals surface area contributed by atoms with Crippen LogP contribution in [0.5, 0.6) is 0 Å². The van der Waals surface area contributed by atoms with Crippen LogP contribution in [0.25, 0.3) is 0 Å². The third-order valence-corrected chi connectivity index (χ3v) is 5.03. The maximum atomic E-state index is 13.7. The van der Waals surface area contributed by atoms with Gasteiger partial charge in [-0.3, -0.25) is 19.3 Å². The topological polar surface area (TPSA) is 105 Å². The van der Waals surface area contributed by atoms with Crippen LogP contribution in [0.15, 0.2) is 18.2 Å². The molecular weight excluding hydrogens is 443 g/mol. The number of hydrogen-bond donors (Lipinski definition) is 2. The molecule has 3 amide bonds. The maximum Gasteiger partial charge on any atom is 0.401 e. The molecule has 0 radical (unpaired) electrons. The first-order valence-electron chi connectivity index (χ1n) is 9.71. The van der Waals surface area contributed by atoms with E-state index in [1.807, 2.05) is 0 Å². The number of alkyl halides is 5. The maximum absolute atomic E-state index is 13.7. The van der Waals surface area contributed by atoms with Crippen LogP contribution in [0, 0.1) is 0 Å². The van der Waals surface area contributed by atoms with Crippen molar-refractivity contribution in [1.29, 1.82) is 0 Å². The van der Waals surface area contributed by atoms with Crippen LogP contribution < -0.4 is 16.0 Å². The molecule has 1 aromatic carbocycles. The van der Waals surface area contributed by atoms with Crippen molar-refractivity contribution in [3.63, 3.8) is 0 Å². The number of rotatable bonds is 8. The summed E-state index contributed by atoms with van der Waals surface area (Å²) in [5.74, 6) is -2.97. The zero-order chi connectivity index (χ0) is 23.6. The summed E-state index contributed by atoms with van der Waals surface area (Å²) in [5.41, 5.74) is 4.39. The zero-order valence-electron chi connectivity index (χ0n) is 16.7. The number of morpholine rings is 1. The minimum absolute atomic E-state index is 0.0573. The van der Waals surface area contributed by atoms with Crippen LogP contribution in [0.3, 0.4) is 0 Å². The molecule has 32 heavy (non-hydrogen) atoms. The van der Waals surface area contributed by atoms with Gasteiger partial charge in [-0.1, -0.05) is 0 Å². The van der Waals surface area contributed by atoms with Crippen molar-refractivity contribution >= 4 is 29.1 Å². The number of nitrogens with two attached hydrogens (primary N) is 1. The standard InChI is InChI=1S/C19H21F5N4O4/c20-16(21)12-7-10(1-4-13(12)27-5-6-32-8-14(27)29)26-18(31)15(17(25)30)28(11-2-3-11)9-19(22,23)24/h1,4,7,11,15-16H,2-3,5-6,8-9H2,(H2,25,30)(H,26,31)/t15-/m1/s1. The van der Waals surface area contributed by atoms with Gasteiger partial charge in [-0.15, -0.1) is 0 Å². The summed E-state index contributed by atoms with van der Waals surface area (Å²) in [6.45, 7) is -1.57. The van der Waals surface area contributed by atoms with Crippen molar-refractivity contribution in [3.05, 3.63) is 23.8 Å². The van der Waals surface area contributed by atoms with E-state index in [4.69, 9.17) is 10.5 Å². The summed E-state index contributed by atoms with van der Waals surface area (Å²) in [5, 5.41) is 2.20. The number of anilines is 2. The van der Waals surface area contributed by atoms with Gasteiger partial charge in [0.15, 0.2) is 6.04 Å². The van der Waals surface area contributed by atoms with Crippen LogP contribution >= 0.6 is 0 Å². The van der Waals surface area contributed by atoms with Crippen LogP contribution in [0.1, 0.15) is 24.8 Å². The molecule has 3 rings (SSSR count). The summed E-state index contributed by atoms with van der Waals surface area (Å²) >= 11 is 0. The minimum atomic E-state index is -4.67. The Hall–Kier alpha value is -2.80. The summed E-state index contributed by atoms with van der Waals surface area (Å²) < 4.78 is 71.1. The van der Waals surface area contributed by atoms with Gasteiger partial charge in [0, 0.05) is 23.8 Å². The lowest BCUT2D eigenvalue weighted by atomic mass is 10.1. The molecule has 8 nitrogen and oxygen atoms in total. The Morgan fingerprint density at radius 1 is 1.28 bits per heavy atom. The highest BCUT2D eigenvalue weighted by Gasteiger charge is 2.45. The van der Waals surface area contributed by atoms with Gasteiger partial charge in [0.2, 0.25) is 5.91 Å². The molecule has 2 fully saturated rings. The summed E-state index contributed by atoms with van der Waals surface area (Å²) in [7, 11) is 0. The van der Waals surface area contributed by atoms with Gasteiger partial charge in [-0.25, -0.2) is 8.78 Å². The third-order valence-electron chi connectivity index (χ3n) is 5.03. The number of benzene rings is 1. The molecule has 0 spiro atoms. The van der Waals surface area contributed by atoms with E-state index in [1.165, 1.54) is 12.1 Å². The number of carbonyl (C=O) groups is 3. The molecular formula is C19H21F5N4O4. The molecule has 176 valence electrons. The first-order chi connectivity index (χ1) is 15.0. The van der Waals surface area contributed by atoms with Crippen molar-refractivity contribution in [2.45, 2.75) is 37.5 Å². The fourth-order valence-corrected chi connectivity index (χ4v) is 3.52. The summed E-state index contributed by atoms with van der Waals surface area (Å²) in [6, 6.07) is 0.745. The Morgan fingerprint density at radius 3 is 2.50 bits per heavy atom. The van der Waals surface area contributed by atoms with E-state index in [1.54, 1.807) is 0 Å². The second-order valence-corrected chi connectivity index (χ2v) is 7.49. The number of ether oxygens (including phenoxy) is 1. The zero-order valence-corrected chi connectivity index (χ0v) is 16.7. The second-order valence-electron chi connectivity index (χ2n) is 7.49. The first-order valence-corrected chi connectivity index (χ1v) is 9.71. The number of amides is 3. The molecule has 1 heterocycles. The van der Waals surface area contributed by atoms with E-state index < -0.39 is 54.5 Å². The van der Waals surface area contributed by atoms with E-state index in [9.17, 15) is 36.3 Å². The minimum Gasteiger partial charge on any atom is -0.370 e. The lowest BCUT2D eigenvalue weighted by molar-refractivity contribution is -0.158. The molecule has 1 saturated heterocycles. The highest BCUT2D eigenvalue weighted by Crippen LogP contribution is 2.34. The molecule has 13 heteroatoms. The normalized spacial score (nSPS) is 18.2. The molecule has 0 unspecified atom stereocenters. The molecule has 1 atom stereocenters. The van der Waals surface area contributed by atoms with Crippen molar-refractivity contribution in [2.75, 3.05) is 36.5 Å². The summed E-state index contributed by atoms with van der Waals surface area (Å²) in [6.07, 6.45) is -6.96. The Kier molecular flexibility index (Phi) is 6.98. The van der Waals surface area contributed by atoms with Crippen molar-refractivity contribution in [2.24, 2.45) is 5.73 Å². The SMILES string of the molecule is NC(=O)[C@H](C(=O)Nc1ccc(N2CCOCC2=O)c(C(F)F)c1)N(CC(F)(F)F)C1CC1. The predicted molar refractivity (Wildman–Crippen MR) is 102 cm³/mol. The molecule has 1 aliphatic carbocycles. The fraction of sp³-hybridized carbons (Fsp3) is 0.526. The van der Waals surface area contributed by atoms with Crippen molar-refractivity contribution in [3.8, 4) is 0 Å². The Labute approximate surface area is 179 Å². The second kappa shape index (κ2) is 9.36. The number of hydrogen-bond acceptors (Lipinski definition) is 5. The molecule has 3 N–H and O–H groups in total. The molecule has 2 aliphatic rings. The first kappa shape index (κ1) is 23.9. The van der Waals surface area contributed by atoms with E-state index in [0.717, 1.165) is 11.0 Å². The van der Waals surface area contributed by atoms with E-state index in [2.05, 4.69) is 5.32 Å². The van der Waals surface area contributed by atoms with Crippen LogP contribution in [0.2, 0.25) is 0 Å². The van der Waals surface area contributed by atoms with Gasteiger partial charge in [0.05, 0.1) is 18.8 Å². The lowest BCUT2D eigenvalue weighted by Gasteiger charge is -2.30. The highest BCUT2D eigenvalue weighted by atomic mass is 19.4. The van der Waals surface area contributed by atoms with Crippen LogP contribution in [0.4, 0.5) is 33.3 Å². The molecule has 1 aliphatic heterocycles. The van der Waals surface area contributed by atoms with E-state index in [-0.39, 0.29) is 31.1 Å². The average molecular weight is 464 g/mol. The summed E-state index contributed by atoms with van der Waals surface area (Å²) in [4.78, 5) is 38.3. The number of nitrogens with zero attached hydrogens (tertiary/aromatic N) is 2. The van der Waals surface area contributed by atoms with Crippen molar-refractivity contribution in [1.82, 2.24) is 4.90 Å². The Balaban J connectivity index is 1.84. The number of nitrogens with one attached hydrogen (secondary N) is 1. The monoisotopic (exact) mass is 464 g/mol. The van der Waals surface area contributed by atoms with Gasteiger partial charge >= 0.3 is 6.18 Å². The quantitative estimate of drug-likeness (QED) is 0.451. The van der Waals surface area contributed by atoms with Crippen LogP contribution in [-0.2, 0) is 19.1 Å². The van der Waals surface area contributed by atoms with Gasteiger partial charge in [0.1, 0.15) is 6.61 Å².